The molecule has 8 rings (SSSR count). The monoisotopic (exact) mass is 722 g/mol. The van der Waals surface area contributed by atoms with Gasteiger partial charge >= 0.3 is 0 Å². The molecule has 14 unspecified atom stereocenters. The molecule has 0 bridgehead atoms. The number of aliphatic hydroxyl groups excluding tert-OH is 6. The van der Waals surface area contributed by atoms with Crippen molar-refractivity contribution in [2.45, 2.75) is 178 Å². The number of fused-ring (bicyclic) bond motifs is 7. The van der Waals surface area contributed by atoms with Crippen LogP contribution in [0.3, 0.4) is 0 Å². The van der Waals surface area contributed by atoms with Crippen LogP contribution in [-0.4, -0.2) is 123 Å². The van der Waals surface area contributed by atoms with Gasteiger partial charge in [0.25, 0.3) is 0 Å². The number of hydrogen-bond donors (Lipinski definition) is 6. The van der Waals surface area contributed by atoms with Crippen molar-refractivity contribution in [3.63, 3.8) is 0 Å². The van der Waals surface area contributed by atoms with E-state index in [0.717, 1.165) is 45.1 Å². The van der Waals surface area contributed by atoms with Crippen molar-refractivity contribution < 1.29 is 59.1 Å². The van der Waals surface area contributed by atoms with Gasteiger partial charge in [-0.1, -0.05) is 39.3 Å². The van der Waals surface area contributed by atoms with Gasteiger partial charge in [-0.25, -0.2) is 0 Å². The van der Waals surface area contributed by atoms with Crippen molar-refractivity contribution >= 4 is 0 Å². The molecule has 4 saturated heterocycles. The lowest BCUT2D eigenvalue weighted by Gasteiger charge is -2.61. The van der Waals surface area contributed by atoms with Gasteiger partial charge < -0.3 is 59.1 Å². The molecule has 0 aromatic carbocycles. The Kier molecular flexibility index (Phi) is 9.62. The van der Waals surface area contributed by atoms with Crippen LogP contribution in [0.4, 0.5) is 0 Å². The van der Waals surface area contributed by atoms with Gasteiger partial charge in [-0.15, -0.1) is 0 Å². The molecule has 8 aliphatic rings. The SMILES string of the molecule is CC1CC[C@@]2(OC1)O[C@H]1C[C@H]3[C@@H]4CC=C5CC(OC6OC(C)C(O)C(O)C6O)CC(OC6OC(C)C(O)C(O)C6O)[C@]5(C)[C@@H]4CC[C@]3(C)[C@H]1C2C. The van der Waals surface area contributed by atoms with Crippen LogP contribution in [0.25, 0.3) is 0 Å². The van der Waals surface area contributed by atoms with E-state index in [-0.39, 0.29) is 17.4 Å². The van der Waals surface area contributed by atoms with E-state index < -0.39 is 84.8 Å². The molecule has 4 aliphatic heterocycles. The minimum atomic E-state index is -1.45. The number of allylic oxidation sites excluding steroid dienone is 1. The first-order valence-electron chi connectivity index (χ1n) is 19.8. The van der Waals surface area contributed by atoms with Crippen molar-refractivity contribution in [2.24, 2.45) is 46.3 Å². The molecule has 12 heteroatoms. The van der Waals surface area contributed by atoms with Gasteiger partial charge in [-0.3, -0.25) is 0 Å². The van der Waals surface area contributed by atoms with Gasteiger partial charge in [-0.05, 0) is 87.4 Å². The molecule has 3 saturated carbocycles. The fourth-order valence-electron chi connectivity index (χ4n) is 12.6. The molecule has 7 fully saturated rings. The zero-order valence-electron chi connectivity index (χ0n) is 31.0. The summed E-state index contributed by atoms with van der Waals surface area (Å²) in [5.74, 6) is 1.99. The maximum atomic E-state index is 11.1. The fourth-order valence-corrected chi connectivity index (χ4v) is 12.6. The summed E-state index contributed by atoms with van der Waals surface area (Å²) in [6.07, 6.45) is -3.33. The Morgan fingerprint density at radius 3 is 2.02 bits per heavy atom. The normalized spacial score (nSPS) is 59.8. The zero-order valence-corrected chi connectivity index (χ0v) is 31.0. The summed E-state index contributed by atoms with van der Waals surface area (Å²) in [5.41, 5.74) is 0.868. The van der Waals surface area contributed by atoms with Crippen molar-refractivity contribution in [1.82, 2.24) is 0 Å². The van der Waals surface area contributed by atoms with Crippen molar-refractivity contribution in [2.75, 3.05) is 6.61 Å². The van der Waals surface area contributed by atoms with Crippen LogP contribution < -0.4 is 0 Å². The number of ether oxygens (including phenoxy) is 6. The smallest absolute Gasteiger partial charge is 0.186 e. The Bertz CT molecular complexity index is 1320. The van der Waals surface area contributed by atoms with Gasteiger partial charge in [0.2, 0.25) is 0 Å². The molecule has 290 valence electrons. The Balaban J connectivity index is 1.08. The Hall–Kier alpha value is -0.740. The molecule has 6 N–H and O–H groups in total. The van der Waals surface area contributed by atoms with Crippen LogP contribution in [0.5, 0.6) is 0 Å². The predicted octanol–water partition coefficient (Wildman–Crippen LogP) is 2.39. The Morgan fingerprint density at radius 2 is 1.39 bits per heavy atom. The lowest BCUT2D eigenvalue weighted by Crippen LogP contribution is -2.62. The van der Waals surface area contributed by atoms with Gasteiger partial charge in [0.15, 0.2) is 18.4 Å². The van der Waals surface area contributed by atoms with Gasteiger partial charge in [0.1, 0.15) is 36.6 Å². The summed E-state index contributed by atoms with van der Waals surface area (Å²) in [6, 6.07) is 0. The number of hydrogen-bond acceptors (Lipinski definition) is 12. The van der Waals surface area contributed by atoms with Crippen LogP contribution in [0.1, 0.15) is 92.9 Å². The minimum absolute atomic E-state index is 0.119. The van der Waals surface area contributed by atoms with E-state index in [0.29, 0.717) is 42.4 Å². The molecule has 4 heterocycles. The number of aliphatic hydroxyl groups is 6. The van der Waals surface area contributed by atoms with E-state index in [1.165, 1.54) is 5.57 Å². The molecular formula is C39H62O12. The molecule has 0 aromatic heterocycles. The molecular weight excluding hydrogens is 660 g/mol. The topological polar surface area (TPSA) is 177 Å². The third-order valence-electron chi connectivity index (χ3n) is 15.6. The highest BCUT2D eigenvalue weighted by atomic mass is 16.7. The second-order valence-corrected chi connectivity index (χ2v) is 18.3. The maximum Gasteiger partial charge on any atom is 0.186 e. The Morgan fingerprint density at radius 1 is 0.745 bits per heavy atom. The van der Waals surface area contributed by atoms with E-state index in [9.17, 15) is 30.6 Å². The predicted molar refractivity (Wildman–Crippen MR) is 182 cm³/mol. The molecule has 0 radical (unpaired) electrons. The first kappa shape index (κ1) is 37.2. The van der Waals surface area contributed by atoms with E-state index in [4.69, 9.17) is 28.4 Å². The lowest BCUT2D eigenvalue weighted by molar-refractivity contribution is -0.329. The first-order valence-corrected chi connectivity index (χ1v) is 19.8. The fraction of sp³-hybridized carbons (Fsp3) is 0.949. The van der Waals surface area contributed by atoms with E-state index >= 15 is 0 Å². The maximum absolute atomic E-state index is 11.1. The summed E-state index contributed by atoms with van der Waals surface area (Å²) < 4.78 is 38.5. The second kappa shape index (κ2) is 13.2. The second-order valence-electron chi connectivity index (χ2n) is 18.3. The molecule has 12 nitrogen and oxygen atoms in total. The third-order valence-corrected chi connectivity index (χ3v) is 15.6. The van der Waals surface area contributed by atoms with Gasteiger partial charge in [0.05, 0.1) is 37.1 Å². The van der Waals surface area contributed by atoms with E-state index in [2.05, 4.69) is 33.8 Å². The standard InChI is InChI=1S/C39H62O12/c1-17-9-12-39(46-16-17)18(2)28-26(51-39)15-25-23-8-7-21-13-22(49-35-33(44)31(42)29(40)19(3)47-35)14-27(38(21,6)24(23)10-11-37(25,28)5)50-36-34(45)32(43)30(41)20(4)48-36/h7,17-20,22-36,40-45H,8-16H2,1-6H3/t17?,18?,19?,20?,22?,23-,24-,25+,26+,27?,28+,29?,30?,31?,32?,33?,34?,35?,36?,37+,38+,39-/m1/s1. The first-order chi connectivity index (χ1) is 24.1. The summed E-state index contributed by atoms with van der Waals surface area (Å²) in [7, 11) is 0. The largest absolute Gasteiger partial charge is 0.388 e. The van der Waals surface area contributed by atoms with Gasteiger partial charge in [-0.2, -0.15) is 0 Å². The highest BCUT2D eigenvalue weighted by Gasteiger charge is 2.69. The quantitative estimate of drug-likeness (QED) is 0.234. The highest BCUT2D eigenvalue weighted by Crippen LogP contribution is 2.71. The molecule has 0 amide bonds. The summed E-state index contributed by atoms with van der Waals surface area (Å²) in [6.45, 7) is 13.4. The average Bonchev–Trinajstić information content (AvgIpc) is 3.55. The molecule has 51 heavy (non-hydrogen) atoms. The van der Waals surface area contributed by atoms with Crippen LogP contribution in [0.2, 0.25) is 0 Å². The van der Waals surface area contributed by atoms with Crippen molar-refractivity contribution in [3.05, 3.63) is 11.6 Å². The third kappa shape index (κ3) is 5.67. The summed E-state index contributed by atoms with van der Waals surface area (Å²) in [5, 5.41) is 63.8. The minimum Gasteiger partial charge on any atom is -0.388 e. The zero-order chi connectivity index (χ0) is 36.4. The molecule has 22 atom stereocenters. The van der Waals surface area contributed by atoms with Crippen molar-refractivity contribution in [1.29, 1.82) is 0 Å². The Labute approximate surface area is 301 Å². The van der Waals surface area contributed by atoms with Crippen LogP contribution in [0, 0.1) is 46.3 Å². The molecule has 4 aliphatic carbocycles. The van der Waals surface area contributed by atoms with E-state index in [1.807, 2.05) is 0 Å². The molecule has 1 spiro atoms. The van der Waals surface area contributed by atoms with Crippen LogP contribution in [0.15, 0.2) is 11.6 Å². The van der Waals surface area contributed by atoms with E-state index in [1.54, 1.807) is 13.8 Å². The van der Waals surface area contributed by atoms with Gasteiger partial charge in [0, 0.05) is 24.2 Å². The summed E-state index contributed by atoms with van der Waals surface area (Å²) in [4.78, 5) is 0. The average molecular weight is 723 g/mol. The summed E-state index contributed by atoms with van der Waals surface area (Å²) >= 11 is 0. The van der Waals surface area contributed by atoms with Crippen LogP contribution in [-0.2, 0) is 28.4 Å². The van der Waals surface area contributed by atoms with Crippen LogP contribution >= 0.6 is 0 Å². The lowest BCUT2D eigenvalue weighted by atomic mass is 9.46. The van der Waals surface area contributed by atoms with Crippen molar-refractivity contribution in [3.8, 4) is 0 Å². The highest BCUT2D eigenvalue weighted by molar-refractivity contribution is 5.29. The number of rotatable bonds is 4. The molecule has 0 aromatic rings.